The second kappa shape index (κ2) is 5.67. The van der Waals surface area contributed by atoms with Gasteiger partial charge in [-0.25, -0.2) is 0 Å². The molecule has 100 valence electrons. The third-order valence-electron chi connectivity index (χ3n) is 3.44. The average Bonchev–Trinajstić information content (AvgIpc) is 2.46. The highest BCUT2D eigenvalue weighted by Crippen LogP contribution is 2.27. The molecular formula is C13H15N3O3. The molecule has 1 aliphatic heterocycles. The lowest BCUT2D eigenvalue weighted by atomic mass is 10.1. The number of nitriles is 1. The van der Waals surface area contributed by atoms with Gasteiger partial charge >= 0.3 is 0 Å². The first kappa shape index (κ1) is 13.3. The van der Waals surface area contributed by atoms with Crippen LogP contribution in [0.25, 0.3) is 0 Å². The van der Waals surface area contributed by atoms with Crippen molar-refractivity contribution in [3.63, 3.8) is 0 Å². The normalized spacial score (nSPS) is 15.8. The Morgan fingerprint density at radius 2 is 2.16 bits per heavy atom. The van der Waals surface area contributed by atoms with Crippen LogP contribution in [0.5, 0.6) is 0 Å². The summed E-state index contributed by atoms with van der Waals surface area (Å²) in [6.07, 6.45) is 1.81. The Balaban J connectivity index is 2.27. The molecule has 0 atom stereocenters. The fourth-order valence-electron chi connectivity index (χ4n) is 2.27. The standard InChI is InChI=1S/C13H15N3O3/c1-15(11-4-6-19-7-5-11)12-3-2-10(9-14)13(8-12)16(17)18/h2-3,8,11H,4-7H2,1H3. The van der Waals surface area contributed by atoms with Crippen LogP contribution in [0.2, 0.25) is 0 Å². The van der Waals surface area contributed by atoms with Crippen LogP contribution >= 0.6 is 0 Å². The van der Waals surface area contributed by atoms with Gasteiger partial charge in [-0.1, -0.05) is 0 Å². The molecule has 0 saturated carbocycles. The molecule has 1 saturated heterocycles. The molecule has 0 aromatic heterocycles. The predicted octanol–water partition coefficient (Wildman–Crippen LogP) is 2.08. The number of nitro groups is 1. The monoisotopic (exact) mass is 261 g/mol. The summed E-state index contributed by atoms with van der Waals surface area (Å²) < 4.78 is 5.31. The first-order valence-electron chi connectivity index (χ1n) is 6.12. The molecule has 0 radical (unpaired) electrons. The summed E-state index contributed by atoms with van der Waals surface area (Å²) in [5, 5.41) is 19.8. The van der Waals surface area contributed by atoms with Crippen molar-refractivity contribution in [3.8, 4) is 6.07 Å². The largest absolute Gasteiger partial charge is 0.381 e. The summed E-state index contributed by atoms with van der Waals surface area (Å²) in [5.74, 6) is 0. The van der Waals surface area contributed by atoms with E-state index in [1.54, 1.807) is 6.07 Å². The number of anilines is 1. The maximum Gasteiger partial charge on any atom is 0.289 e. The molecule has 1 aliphatic rings. The van der Waals surface area contributed by atoms with Crippen LogP contribution < -0.4 is 4.90 Å². The van der Waals surface area contributed by atoms with Crippen LogP contribution in [-0.4, -0.2) is 31.2 Å². The van der Waals surface area contributed by atoms with Gasteiger partial charge in [-0.05, 0) is 25.0 Å². The predicted molar refractivity (Wildman–Crippen MR) is 70.1 cm³/mol. The van der Waals surface area contributed by atoms with Crippen molar-refractivity contribution in [3.05, 3.63) is 33.9 Å². The molecule has 1 aromatic rings. The Morgan fingerprint density at radius 1 is 1.47 bits per heavy atom. The number of benzene rings is 1. The summed E-state index contributed by atoms with van der Waals surface area (Å²) in [4.78, 5) is 12.5. The summed E-state index contributed by atoms with van der Waals surface area (Å²) in [6, 6.07) is 6.88. The Labute approximate surface area is 111 Å². The van der Waals surface area contributed by atoms with Crippen molar-refractivity contribution in [1.29, 1.82) is 5.26 Å². The van der Waals surface area contributed by atoms with E-state index < -0.39 is 4.92 Å². The van der Waals surface area contributed by atoms with E-state index in [0.29, 0.717) is 19.3 Å². The zero-order valence-electron chi connectivity index (χ0n) is 10.7. The van der Waals surface area contributed by atoms with Gasteiger partial charge in [0, 0.05) is 38.1 Å². The molecular weight excluding hydrogens is 246 g/mol. The van der Waals surface area contributed by atoms with Gasteiger partial charge in [0.25, 0.3) is 5.69 Å². The van der Waals surface area contributed by atoms with E-state index in [1.807, 2.05) is 18.0 Å². The zero-order chi connectivity index (χ0) is 13.8. The Morgan fingerprint density at radius 3 is 2.74 bits per heavy atom. The highest BCUT2D eigenvalue weighted by molar-refractivity contribution is 5.60. The molecule has 0 bridgehead atoms. The minimum absolute atomic E-state index is 0.0918. The van der Waals surface area contributed by atoms with Gasteiger partial charge in [-0.2, -0.15) is 5.26 Å². The maximum absolute atomic E-state index is 10.9. The topological polar surface area (TPSA) is 79.4 Å². The third kappa shape index (κ3) is 2.83. The smallest absolute Gasteiger partial charge is 0.289 e. The average molecular weight is 261 g/mol. The summed E-state index contributed by atoms with van der Waals surface area (Å²) in [6.45, 7) is 1.43. The molecule has 19 heavy (non-hydrogen) atoms. The quantitative estimate of drug-likeness (QED) is 0.614. The number of nitrogens with zero attached hydrogens (tertiary/aromatic N) is 3. The lowest BCUT2D eigenvalue weighted by molar-refractivity contribution is -0.385. The summed E-state index contributed by atoms with van der Waals surface area (Å²) >= 11 is 0. The molecule has 1 fully saturated rings. The summed E-state index contributed by atoms with van der Waals surface area (Å²) in [5.41, 5.74) is 0.714. The molecule has 0 unspecified atom stereocenters. The zero-order valence-corrected chi connectivity index (χ0v) is 10.7. The van der Waals surface area contributed by atoms with Gasteiger partial charge in [0.1, 0.15) is 11.6 Å². The molecule has 6 nitrogen and oxygen atoms in total. The Hall–Kier alpha value is -2.13. The van der Waals surface area contributed by atoms with Crippen molar-refractivity contribution < 1.29 is 9.66 Å². The Bertz CT molecular complexity index is 518. The van der Waals surface area contributed by atoms with E-state index in [2.05, 4.69) is 0 Å². The van der Waals surface area contributed by atoms with Gasteiger partial charge in [-0.15, -0.1) is 0 Å². The van der Waals surface area contributed by atoms with Crippen LogP contribution in [0.1, 0.15) is 18.4 Å². The highest BCUT2D eigenvalue weighted by Gasteiger charge is 2.21. The lowest BCUT2D eigenvalue weighted by Gasteiger charge is -2.32. The molecule has 0 spiro atoms. The second-order valence-corrected chi connectivity index (χ2v) is 4.52. The third-order valence-corrected chi connectivity index (χ3v) is 3.44. The van der Waals surface area contributed by atoms with Crippen molar-refractivity contribution >= 4 is 11.4 Å². The fourth-order valence-corrected chi connectivity index (χ4v) is 2.27. The maximum atomic E-state index is 10.9. The first-order chi connectivity index (χ1) is 9.13. The minimum atomic E-state index is -0.514. The van der Waals surface area contributed by atoms with E-state index >= 15 is 0 Å². The van der Waals surface area contributed by atoms with Gasteiger partial charge in [-0.3, -0.25) is 10.1 Å². The Kier molecular flexibility index (Phi) is 3.97. The molecule has 1 aromatic carbocycles. The minimum Gasteiger partial charge on any atom is -0.381 e. The molecule has 2 rings (SSSR count). The number of ether oxygens (including phenoxy) is 1. The van der Waals surface area contributed by atoms with Crippen LogP contribution in [0.3, 0.4) is 0 Å². The summed E-state index contributed by atoms with van der Waals surface area (Å²) in [7, 11) is 1.92. The number of hydrogen-bond donors (Lipinski definition) is 0. The number of hydrogen-bond acceptors (Lipinski definition) is 5. The van der Waals surface area contributed by atoms with Crippen LogP contribution in [0, 0.1) is 21.4 Å². The van der Waals surface area contributed by atoms with Gasteiger partial charge < -0.3 is 9.64 Å². The fraction of sp³-hybridized carbons (Fsp3) is 0.462. The van der Waals surface area contributed by atoms with Crippen molar-refractivity contribution in [2.75, 3.05) is 25.2 Å². The SMILES string of the molecule is CN(c1ccc(C#N)c([N+](=O)[O-])c1)C1CCOCC1. The number of rotatable bonds is 3. The number of nitro benzene ring substituents is 1. The van der Waals surface area contributed by atoms with Crippen LogP contribution in [0.4, 0.5) is 11.4 Å². The highest BCUT2D eigenvalue weighted by atomic mass is 16.6. The van der Waals surface area contributed by atoms with Crippen LogP contribution in [0.15, 0.2) is 18.2 Å². The van der Waals surface area contributed by atoms with E-state index in [0.717, 1.165) is 18.5 Å². The molecule has 0 N–H and O–H groups in total. The van der Waals surface area contributed by atoms with E-state index in [4.69, 9.17) is 10.00 Å². The van der Waals surface area contributed by atoms with Gasteiger partial charge in [0.05, 0.1) is 4.92 Å². The van der Waals surface area contributed by atoms with Gasteiger partial charge in [0.2, 0.25) is 0 Å². The van der Waals surface area contributed by atoms with Crippen molar-refractivity contribution in [2.24, 2.45) is 0 Å². The second-order valence-electron chi connectivity index (χ2n) is 4.52. The van der Waals surface area contributed by atoms with E-state index in [1.165, 1.54) is 12.1 Å². The first-order valence-corrected chi connectivity index (χ1v) is 6.12. The van der Waals surface area contributed by atoms with Crippen LogP contribution in [-0.2, 0) is 4.74 Å². The van der Waals surface area contributed by atoms with Crippen molar-refractivity contribution in [1.82, 2.24) is 0 Å². The lowest BCUT2D eigenvalue weighted by Crippen LogP contribution is -2.36. The van der Waals surface area contributed by atoms with E-state index in [-0.39, 0.29) is 11.3 Å². The molecule has 0 aliphatic carbocycles. The molecule has 6 heteroatoms. The van der Waals surface area contributed by atoms with E-state index in [9.17, 15) is 10.1 Å². The molecule has 0 amide bonds. The van der Waals surface area contributed by atoms with Gasteiger partial charge in [0.15, 0.2) is 0 Å². The molecule has 1 heterocycles. The van der Waals surface area contributed by atoms with Crippen molar-refractivity contribution in [2.45, 2.75) is 18.9 Å².